The number of pyridine rings is 1. The number of carbonyl (C=O) groups excluding carboxylic acids is 1. The smallest absolute Gasteiger partial charge is 0.226 e. The lowest BCUT2D eigenvalue weighted by molar-refractivity contribution is -0.116. The number of fused-ring (bicyclic) bond motifs is 1. The van der Waals surface area contributed by atoms with Crippen LogP contribution in [0.3, 0.4) is 0 Å². The van der Waals surface area contributed by atoms with Crippen molar-refractivity contribution in [2.45, 2.75) is 44.1 Å². The molecule has 1 unspecified atom stereocenters. The molecule has 3 aromatic rings. The van der Waals surface area contributed by atoms with Crippen LogP contribution in [0.4, 0.5) is 5.82 Å². The minimum absolute atomic E-state index is 0.0518. The largest absolute Gasteiger partial charge is 0.493 e. The number of methoxy groups -OCH3 is 1. The first kappa shape index (κ1) is 18.7. The molecule has 7 heteroatoms. The molecule has 0 saturated heterocycles. The van der Waals surface area contributed by atoms with Gasteiger partial charge in [-0.25, -0.2) is 9.67 Å². The van der Waals surface area contributed by atoms with Crippen LogP contribution in [0.1, 0.15) is 49.1 Å². The van der Waals surface area contributed by atoms with Crippen molar-refractivity contribution >= 4 is 11.7 Å². The summed E-state index contributed by atoms with van der Waals surface area (Å²) in [5, 5.41) is 7.43. The monoisotopic (exact) mass is 404 g/mol. The van der Waals surface area contributed by atoms with Crippen molar-refractivity contribution in [3.8, 4) is 17.3 Å². The Kier molecular flexibility index (Phi) is 4.86. The van der Waals surface area contributed by atoms with Gasteiger partial charge in [0.1, 0.15) is 0 Å². The lowest BCUT2D eigenvalue weighted by atomic mass is 9.87. The third kappa shape index (κ3) is 3.51. The predicted octanol–water partition coefficient (Wildman–Crippen LogP) is 4.07. The molecule has 0 spiro atoms. The highest BCUT2D eigenvalue weighted by Gasteiger charge is 2.30. The second kappa shape index (κ2) is 7.82. The molecule has 7 nitrogen and oxygen atoms in total. The van der Waals surface area contributed by atoms with Gasteiger partial charge in [-0.2, -0.15) is 0 Å². The molecule has 1 fully saturated rings. The third-order valence-corrected chi connectivity index (χ3v) is 5.84. The molecule has 30 heavy (non-hydrogen) atoms. The van der Waals surface area contributed by atoms with Crippen molar-refractivity contribution in [1.29, 1.82) is 0 Å². The average molecular weight is 404 g/mol. The van der Waals surface area contributed by atoms with Crippen LogP contribution < -0.4 is 14.8 Å². The van der Waals surface area contributed by atoms with E-state index in [2.05, 4.69) is 15.4 Å². The van der Waals surface area contributed by atoms with Crippen molar-refractivity contribution in [3.63, 3.8) is 0 Å². The topological polar surface area (TPSA) is 78.3 Å². The molecular weight excluding hydrogens is 380 g/mol. The Balaban J connectivity index is 1.48. The van der Waals surface area contributed by atoms with E-state index >= 15 is 0 Å². The number of carbonyl (C=O) groups is 1. The maximum absolute atomic E-state index is 12.4. The maximum Gasteiger partial charge on any atom is 0.226 e. The van der Waals surface area contributed by atoms with Gasteiger partial charge in [-0.05, 0) is 55.5 Å². The molecule has 0 radical (unpaired) electrons. The summed E-state index contributed by atoms with van der Waals surface area (Å²) < 4.78 is 13.5. The molecule has 0 bridgehead atoms. The Morgan fingerprint density at radius 2 is 2.00 bits per heavy atom. The Morgan fingerprint density at radius 1 is 1.13 bits per heavy atom. The second-order valence-corrected chi connectivity index (χ2v) is 7.81. The zero-order valence-corrected chi connectivity index (χ0v) is 16.9. The zero-order valence-electron chi connectivity index (χ0n) is 16.9. The Labute approximate surface area is 175 Å². The van der Waals surface area contributed by atoms with Crippen LogP contribution in [0.2, 0.25) is 0 Å². The number of amides is 1. The lowest BCUT2D eigenvalue weighted by Gasteiger charge is -2.23. The molecule has 5 rings (SSSR count). The van der Waals surface area contributed by atoms with Crippen molar-refractivity contribution in [2.75, 3.05) is 12.4 Å². The van der Waals surface area contributed by atoms with E-state index in [-0.39, 0.29) is 17.9 Å². The first-order valence-electron chi connectivity index (χ1n) is 10.4. The van der Waals surface area contributed by atoms with Crippen LogP contribution in [-0.2, 0) is 4.79 Å². The van der Waals surface area contributed by atoms with E-state index in [1.165, 1.54) is 12.8 Å². The van der Waals surface area contributed by atoms with Crippen LogP contribution in [0.15, 0.2) is 48.8 Å². The minimum Gasteiger partial charge on any atom is -0.493 e. The molecule has 2 aliphatic rings. The molecular formula is C23H24N4O3. The fourth-order valence-electron chi connectivity index (χ4n) is 4.31. The summed E-state index contributed by atoms with van der Waals surface area (Å²) in [5.74, 6) is 2.58. The molecule has 1 atom stereocenters. The van der Waals surface area contributed by atoms with Gasteiger partial charge in [-0.1, -0.05) is 12.1 Å². The van der Waals surface area contributed by atoms with Gasteiger partial charge in [0.15, 0.2) is 23.1 Å². The fourth-order valence-corrected chi connectivity index (χ4v) is 4.31. The van der Waals surface area contributed by atoms with Gasteiger partial charge < -0.3 is 14.8 Å². The normalized spacial score (nSPS) is 18.7. The van der Waals surface area contributed by atoms with Crippen LogP contribution >= 0.6 is 0 Å². The van der Waals surface area contributed by atoms with E-state index < -0.39 is 0 Å². The summed E-state index contributed by atoms with van der Waals surface area (Å²) in [6, 6.07) is 11.6. The van der Waals surface area contributed by atoms with Gasteiger partial charge in [0.25, 0.3) is 0 Å². The Bertz CT molecular complexity index is 1060. The Hall–Kier alpha value is -3.35. The predicted molar refractivity (Wildman–Crippen MR) is 112 cm³/mol. The number of ether oxygens (including phenoxy) is 2. The van der Waals surface area contributed by atoms with Gasteiger partial charge >= 0.3 is 0 Å². The van der Waals surface area contributed by atoms with E-state index in [0.29, 0.717) is 23.8 Å². The number of anilines is 1. The standard InChI is InChI=1S/C23H24N4O3/c1-29-20-12-15(9-10-19(20)30-16-6-2-3-7-16)17-13-22(28)25-23-18(17)14-27(26-23)21-8-4-5-11-24-21/h4-5,8-12,14,16-17H,2-3,6-7,13H2,1H3,(H,25,26,28). The van der Waals surface area contributed by atoms with E-state index in [1.807, 2.05) is 42.6 Å². The van der Waals surface area contributed by atoms with E-state index in [9.17, 15) is 4.79 Å². The van der Waals surface area contributed by atoms with E-state index in [1.54, 1.807) is 18.0 Å². The molecule has 1 N–H and O–H groups in total. The molecule has 1 aliphatic heterocycles. The highest BCUT2D eigenvalue weighted by Crippen LogP contribution is 2.40. The van der Waals surface area contributed by atoms with Gasteiger partial charge in [0.2, 0.25) is 5.91 Å². The lowest BCUT2D eigenvalue weighted by Crippen LogP contribution is -2.23. The number of aromatic nitrogens is 3. The summed E-state index contributed by atoms with van der Waals surface area (Å²) in [6.45, 7) is 0. The van der Waals surface area contributed by atoms with Gasteiger partial charge in [0, 0.05) is 30.3 Å². The van der Waals surface area contributed by atoms with Crippen molar-refractivity contribution in [3.05, 3.63) is 59.9 Å². The van der Waals surface area contributed by atoms with Crippen molar-refractivity contribution in [1.82, 2.24) is 14.8 Å². The SMILES string of the molecule is COc1cc(C2CC(=O)Nc3nn(-c4ccccn4)cc32)ccc1OC1CCCC1. The Morgan fingerprint density at radius 3 is 2.77 bits per heavy atom. The van der Waals surface area contributed by atoms with E-state index in [4.69, 9.17) is 9.47 Å². The van der Waals surface area contributed by atoms with Gasteiger partial charge in [-0.15, -0.1) is 5.10 Å². The van der Waals surface area contributed by atoms with E-state index in [0.717, 1.165) is 29.7 Å². The highest BCUT2D eigenvalue weighted by molar-refractivity contribution is 5.94. The van der Waals surface area contributed by atoms with Crippen LogP contribution in [-0.4, -0.2) is 33.9 Å². The number of nitrogens with one attached hydrogen (secondary N) is 1. The van der Waals surface area contributed by atoms with Gasteiger partial charge in [-0.3, -0.25) is 4.79 Å². The molecule has 2 aromatic heterocycles. The molecule has 1 aliphatic carbocycles. The fraction of sp³-hybridized carbons (Fsp3) is 0.348. The number of nitrogens with zero attached hydrogens (tertiary/aromatic N) is 3. The molecule has 1 amide bonds. The summed E-state index contributed by atoms with van der Waals surface area (Å²) in [7, 11) is 1.65. The first-order chi connectivity index (χ1) is 14.7. The number of hydrogen-bond acceptors (Lipinski definition) is 5. The summed E-state index contributed by atoms with van der Waals surface area (Å²) in [4.78, 5) is 16.7. The second-order valence-electron chi connectivity index (χ2n) is 7.81. The molecule has 3 heterocycles. The first-order valence-corrected chi connectivity index (χ1v) is 10.4. The van der Waals surface area contributed by atoms with Crippen LogP contribution in [0.25, 0.3) is 5.82 Å². The molecule has 154 valence electrons. The summed E-state index contributed by atoms with van der Waals surface area (Å²) in [6.07, 6.45) is 8.88. The number of benzene rings is 1. The van der Waals surface area contributed by atoms with Gasteiger partial charge in [0.05, 0.1) is 13.2 Å². The van der Waals surface area contributed by atoms with Crippen molar-refractivity contribution < 1.29 is 14.3 Å². The summed E-state index contributed by atoms with van der Waals surface area (Å²) >= 11 is 0. The quantitative estimate of drug-likeness (QED) is 0.694. The van der Waals surface area contributed by atoms with Crippen LogP contribution in [0, 0.1) is 0 Å². The van der Waals surface area contributed by atoms with Crippen LogP contribution in [0.5, 0.6) is 11.5 Å². The third-order valence-electron chi connectivity index (χ3n) is 5.84. The van der Waals surface area contributed by atoms with Crippen molar-refractivity contribution in [2.24, 2.45) is 0 Å². The molecule has 1 saturated carbocycles. The number of hydrogen-bond donors (Lipinski definition) is 1. The maximum atomic E-state index is 12.4. The molecule has 1 aromatic carbocycles. The summed E-state index contributed by atoms with van der Waals surface area (Å²) in [5.41, 5.74) is 1.97. The average Bonchev–Trinajstić information content (AvgIpc) is 3.44. The zero-order chi connectivity index (χ0) is 20.5. The minimum atomic E-state index is -0.111. The number of rotatable bonds is 5. The highest BCUT2D eigenvalue weighted by atomic mass is 16.5.